The van der Waals surface area contributed by atoms with E-state index in [0.717, 1.165) is 54.0 Å². The monoisotopic (exact) mass is 863 g/mol. The number of benzene rings is 1. The number of nitrogens with one attached hydrogen (secondary N) is 3. The molecule has 0 radical (unpaired) electrons. The fourth-order valence-corrected chi connectivity index (χ4v) is 6.98. The van der Waals surface area contributed by atoms with Gasteiger partial charge in [-0.05, 0) is 31.3 Å². The van der Waals surface area contributed by atoms with Crippen molar-refractivity contribution in [2.45, 2.75) is 122 Å². The minimum absolute atomic E-state index is 0.118. The number of thiocarbonyl (C=S) groups is 1. The van der Waals surface area contributed by atoms with E-state index in [-0.39, 0.29) is 4.90 Å². The maximum atomic E-state index is 13.0. The van der Waals surface area contributed by atoms with Crippen LogP contribution < -0.4 is 15.6 Å². The van der Waals surface area contributed by atoms with E-state index >= 15 is 0 Å². The van der Waals surface area contributed by atoms with Crippen molar-refractivity contribution in [3.8, 4) is 0 Å². The average Bonchev–Trinajstić information content (AvgIpc) is 3.09. The Bertz CT molecular complexity index is 1810. The fraction of sp³-hybridized carbons (Fsp3) is 0.588. The van der Waals surface area contributed by atoms with E-state index < -0.39 is 131 Å². The zero-order chi connectivity index (χ0) is 43.5. The maximum Gasteiger partial charge on any atom is 0.303 e. The zero-order valence-corrected chi connectivity index (χ0v) is 34.2. The third-order valence-corrected chi connectivity index (χ3v) is 9.51. The highest BCUT2D eigenvalue weighted by molar-refractivity contribution is 7.91. The number of aryl methyl sites for hydroxylation is 1. The van der Waals surface area contributed by atoms with Gasteiger partial charge in [-0.25, -0.2) is 13.8 Å². The van der Waals surface area contributed by atoms with Crippen LogP contribution in [0.15, 0.2) is 29.2 Å². The molecule has 322 valence electrons. The van der Waals surface area contributed by atoms with Crippen LogP contribution in [0.4, 0.5) is 0 Å². The van der Waals surface area contributed by atoms with Crippen molar-refractivity contribution in [2.24, 2.45) is 0 Å². The number of sulfonamides is 1. The molecule has 24 heteroatoms. The van der Waals surface area contributed by atoms with Crippen LogP contribution in [0.3, 0.4) is 0 Å². The summed E-state index contributed by atoms with van der Waals surface area (Å²) in [4.78, 5) is 85.9. The van der Waals surface area contributed by atoms with E-state index in [4.69, 9.17) is 59.6 Å². The van der Waals surface area contributed by atoms with Crippen LogP contribution in [0.2, 0.25) is 0 Å². The number of esters is 7. The minimum atomic E-state index is -4.20. The maximum absolute atomic E-state index is 13.0. The molecule has 2 heterocycles. The molecule has 10 atom stereocenters. The summed E-state index contributed by atoms with van der Waals surface area (Å²) >= 11 is 5.18. The summed E-state index contributed by atoms with van der Waals surface area (Å²) in [5, 5.41) is -0.512. The summed E-state index contributed by atoms with van der Waals surface area (Å²) in [6.45, 7) is 7.67. The van der Waals surface area contributed by atoms with Gasteiger partial charge < -0.3 is 47.4 Å². The van der Waals surface area contributed by atoms with Gasteiger partial charge in [0.25, 0.3) is 10.0 Å². The Morgan fingerprint density at radius 3 is 1.52 bits per heavy atom. The quantitative estimate of drug-likeness (QED) is 0.0848. The van der Waals surface area contributed by atoms with E-state index in [9.17, 15) is 42.0 Å². The van der Waals surface area contributed by atoms with E-state index in [0.29, 0.717) is 0 Å². The summed E-state index contributed by atoms with van der Waals surface area (Å²) in [7, 11) is -4.20. The first-order valence-corrected chi connectivity index (χ1v) is 19.2. The van der Waals surface area contributed by atoms with Crippen LogP contribution in [0, 0.1) is 6.92 Å². The molecule has 3 rings (SSSR count). The van der Waals surface area contributed by atoms with Crippen LogP contribution in [0.1, 0.15) is 54.0 Å². The Labute approximate surface area is 338 Å². The van der Waals surface area contributed by atoms with Gasteiger partial charge in [0.1, 0.15) is 31.5 Å². The molecule has 0 aliphatic carbocycles. The van der Waals surface area contributed by atoms with Gasteiger partial charge in [-0.15, -0.1) is 0 Å². The SMILES string of the molecule is CC(=O)OC[C@H]1O[C@H](O[C@H]2[C@H](OC(C)=O)[C@@H](OC(C)=O)C(NNC(=S)NS(=O)(=O)c3ccc(C)cc3)O[C@@H]2COC(C)=O)[C@H](OC(C)=O)[C@@H](OC(C)=O)[C@@H]1OC(C)=O. The Morgan fingerprint density at radius 1 is 0.603 bits per heavy atom. The van der Waals surface area contributed by atoms with Crippen molar-refractivity contribution in [1.29, 1.82) is 0 Å². The van der Waals surface area contributed by atoms with Crippen molar-refractivity contribution in [2.75, 3.05) is 13.2 Å². The first-order chi connectivity index (χ1) is 27.1. The van der Waals surface area contributed by atoms with Crippen LogP contribution in [-0.2, 0) is 91.0 Å². The number of hydrazine groups is 1. The molecule has 2 saturated heterocycles. The molecule has 1 unspecified atom stereocenters. The summed E-state index contributed by atoms with van der Waals surface area (Å²) in [5.41, 5.74) is 5.79. The standard InChI is InChI=1S/C34H45N3O19S2/c1-15-9-11-23(12-10-15)58(45,46)37-34(57)36-35-32-30(52-21(7)43)28(50-19(5)41)27(24(54-32)13-47-16(2)38)56-33-31(53-22(8)44)29(51-20(6)42)26(49-18(4)40)25(55-33)14-48-17(3)39/h9-12,24-33,35H,13-14H2,1-8H3,(H2,36,37,57)/t24-,25-,26-,27-,28+,29+,30-,31-,32?,33-/m1/s1. The molecule has 0 aromatic heterocycles. The van der Waals surface area contributed by atoms with Crippen LogP contribution in [0.5, 0.6) is 0 Å². The van der Waals surface area contributed by atoms with E-state index in [1.165, 1.54) is 12.1 Å². The Kier molecular flexibility index (Phi) is 17.3. The zero-order valence-electron chi connectivity index (χ0n) is 32.6. The molecular formula is C34H45N3O19S2. The first-order valence-electron chi connectivity index (χ1n) is 17.3. The van der Waals surface area contributed by atoms with Crippen molar-refractivity contribution in [1.82, 2.24) is 15.6 Å². The lowest BCUT2D eigenvalue weighted by Gasteiger charge is -2.48. The molecule has 0 saturated carbocycles. The van der Waals surface area contributed by atoms with Gasteiger partial charge in [0.05, 0.1) is 4.90 Å². The van der Waals surface area contributed by atoms with Gasteiger partial charge in [0.2, 0.25) is 0 Å². The summed E-state index contributed by atoms with van der Waals surface area (Å²) < 4.78 is 84.3. The number of carbonyl (C=O) groups is 7. The molecule has 22 nitrogen and oxygen atoms in total. The largest absolute Gasteiger partial charge is 0.463 e. The number of rotatable bonds is 15. The lowest BCUT2D eigenvalue weighted by atomic mass is 9.95. The topological polar surface area (TPSA) is 282 Å². The highest BCUT2D eigenvalue weighted by atomic mass is 32.2. The highest BCUT2D eigenvalue weighted by Crippen LogP contribution is 2.35. The van der Waals surface area contributed by atoms with Gasteiger partial charge in [-0.2, -0.15) is 0 Å². The lowest BCUT2D eigenvalue weighted by molar-refractivity contribution is -0.346. The second kappa shape index (κ2) is 21.1. The first kappa shape index (κ1) is 47.4. The smallest absolute Gasteiger partial charge is 0.303 e. The molecule has 58 heavy (non-hydrogen) atoms. The summed E-state index contributed by atoms with van der Waals surface area (Å²) in [6.07, 6.45) is -16.6. The molecule has 1 aromatic carbocycles. The van der Waals surface area contributed by atoms with E-state index in [1.54, 1.807) is 19.1 Å². The Morgan fingerprint density at radius 2 is 1.03 bits per heavy atom. The van der Waals surface area contributed by atoms with Crippen molar-refractivity contribution >= 4 is 69.1 Å². The van der Waals surface area contributed by atoms with E-state index in [1.807, 2.05) is 0 Å². The van der Waals surface area contributed by atoms with Gasteiger partial charge in [0.15, 0.2) is 48.2 Å². The fourth-order valence-electron chi connectivity index (χ4n) is 5.69. The van der Waals surface area contributed by atoms with Gasteiger partial charge in [-0.3, -0.25) is 43.7 Å². The Hall–Kier alpha value is -5.01. The second-order valence-corrected chi connectivity index (χ2v) is 14.8. The molecule has 0 bridgehead atoms. The van der Waals surface area contributed by atoms with Crippen LogP contribution in [-0.4, -0.2) is 130 Å². The van der Waals surface area contributed by atoms with Gasteiger partial charge in [-0.1, -0.05) is 17.7 Å². The average molecular weight is 864 g/mol. The van der Waals surface area contributed by atoms with Gasteiger partial charge in [0, 0.05) is 48.5 Å². The second-order valence-electron chi connectivity index (χ2n) is 12.7. The molecular weight excluding hydrogens is 819 g/mol. The molecule has 3 N–H and O–H groups in total. The normalized spacial score (nSPS) is 26.8. The number of hydrogen-bond donors (Lipinski definition) is 3. The molecule has 2 aliphatic rings. The predicted octanol–water partition coefficient (Wildman–Crippen LogP) is -0.728. The molecule has 0 amide bonds. The third-order valence-electron chi connectivity index (χ3n) is 7.81. The predicted molar refractivity (Wildman–Crippen MR) is 194 cm³/mol. The lowest BCUT2D eigenvalue weighted by Crippen LogP contribution is -2.69. The van der Waals surface area contributed by atoms with Crippen LogP contribution >= 0.6 is 12.2 Å². The van der Waals surface area contributed by atoms with E-state index in [2.05, 4.69) is 15.6 Å². The molecule has 1 aromatic rings. The Balaban J connectivity index is 2.09. The number of hydrogen-bond acceptors (Lipinski definition) is 21. The minimum Gasteiger partial charge on any atom is -0.463 e. The molecule has 2 fully saturated rings. The molecule has 2 aliphatic heterocycles. The summed E-state index contributed by atoms with van der Waals surface area (Å²) in [5.74, 6) is -6.29. The highest BCUT2D eigenvalue weighted by Gasteiger charge is 2.57. The van der Waals surface area contributed by atoms with Crippen molar-refractivity contribution in [3.63, 3.8) is 0 Å². The summed E-state index contributed by atoms with van der Waals surface area (Å²) in [6, 6.07) is 5.84. The third kappa shape index (κ3) is 14.1. The molecule has 0 spiro atoms. The van der Waals surface area contributed by atoms with Crippen molar-refractivity contribution < 1.29 is 89.3 Å². The van der Waals surface area contributed by atoms with Crippen LogP contribution in [0.25, 0.3) is 0 Å². The van der Waals surface area contributed by atoms with Gasteiger partial charge >= 0.3 is 41.8 Å². The number of ether oxygens (including phenoxy) is 10. The number of carbonyl (C=O) groups excluding carboxylic acids is 7. The van der Waals surface area contributed by atoms with Crippen molar-refractivity contribution in [3.05, 3.63) is 29.8 Å².